The molecule has 0 radical (unpaired) electrons. The molecule has 1 aromatic heterocycles. The molecule has 0 aliphatic carbocycles. The van der Waals surface area contributed by atoms with Crippen molar-refractivity contribution in [2.45, 2.75) is 50.5 Å². The lowest BCUT2D eigenvalue weighted by atomic mass is 9.94. The molecule has 2 aliphatic heterocycles. The van der Waals surface area contributed by atoms with Crippen molar-refractivity contribution in [1.29, 1.82) is 0 Å². The van der Waals surface area contributed by atoms with E-state index in [1.54, 1.807) is 11.8 Å². The number of aromatic nitrogens is 2. The predicted octanol–water partition coefficient (Wildman–Crippen LogP) is 4.10. The van der Waals surface area contributed by atoms with Crippen LogP contribution in [0.25, 0.3) is 0 Å². The topological polar surface area (TPSA) is 56.2 Å². The summed E-state index contributed by atoms with van der Waals surface area (Å²) in [6, 6.07) is 10.6. The number of carbonyl (C=O) groups excluding carboxylic acids is 1. The second-order valence-electron chi connectivity index (χ2n) is 7.70. The Morgan fingerprint density at radius 3 is 2.81 bits per heavy atom. The Hall–Kier alpha value is -1.79. The average Bonchev–Trinajstić information content (AvgIpc) is 2.81. The Balaban J connectivity index is 1.79. The lowest BCUT2D eigenvalue weighted by Crippen LogP contribution is -2.36. The van der Waals surface area contributed by atoms with E-state index in [1.165, 1.54) is 5.56 Å². The zero-order valence-electron chi connectivity index (χ0n) is 15.5. The van der Waals surface area contributed by atoms with Gasteiger partial charge in [-0.15, -0.1) is 11.8 Å². The maximum Gasteiger partial charge on any atom is 0.235 e. The molecular formula is C20H25N3O2S. The van der Waals surface area contributed by atoms with Crippen LogP contribution in [0, 0.1) is 6.92 Å². The number of hydrogen-bond acceptors (Lipinski definition) is 4. The molecule has 1 aromatic carbocycles. The lowest BCUT2D eigenvalue weighted by Gasteiger charge is -2.36. The number of amides is 1. The Labute approximate surface area is 158 Å². The van der Waals surface area contributed by atoms with E-state index in [4.69, 9.17) is 9.84 Å². The number of carbonyl (C=O) groups is 1. The van der Waals surface area contributed by atoms with Gasteiger partial charge in [-0.2, -0.15) is 5.10 Å². The summed E-state index contributed by atoms with van der Waals surface area (Å²) in [5.41, 5.74) is 3.17. The van der Waals surface area contributed by atoms with Crippen molar-refractivity contribution >= 4 is 23.5 Å². The van der Waals surface area contributed by atoms with Crippen molar-refractivity contribution in [2.24, 2.45) is 0 Å². The van der Waals surface area contributed by atoms with Crippen molar-refractivity contribution in [3.05, 3.63) is 47.2 Å². The van der Waals surface area contributed by atoms with Crippen molar-refractivity contribution in [3.8, 4) is 0 Å². The maximum absolute atomic E-state index is 12.4. The van der Waals surface area contributed by atoms with Gasteiger partial charge in [-0.05, 0) is 39.2 Å². The minimum atomic E-state index is -0.169. The first-order valence-corrected chi connectivity index (χ1v) is 10.2. The van der Waals surface area contributed by atoms with Gasteiger partial charge in [0, 0.05) is 12.2 Å². The van der Waals surface area contributed by atoms with Gasteiger partial charge < -0.3 is 10.1 Å². The summed E-state index contributed by atoms with van der Waals surface area (Å²) in [5, 5.41) is 8.12. The van der Waals surface area contributed by atoms with Gasteiger partial charge in [0.2, 0.25) is 5.91 Å². The molecule has 1 N–H and O–H groups in total. The van der Waals surface area contributed by atoms with Gasteiger partial charge in [-0.1, -0.05) is 30.3 Å². The number of benzene rings is 1. The van der Waals surface area contributed by atoms with Crippen LogP contribution in [-0.2, 0) is 9.53 Å². The van der Waals surface area contributed by atoms with Gasteiger partial charge >= 0.3 is 0 Å². The van der Waals surface area contributed by atoms with Gasteiger partial charge in [0.05, 0.1) is 28.3 Å². The first kappa shape index (κ1) is 17.6. The number of hydrogen-bond donors (Lipinski definition) is 1. The van der Waals surface area contributed by atoms with E-state index < -0.39 is 0 Å². The number of ether oxygens (including phenoxy) is 1. The summed E-state index contributed by atoms with van der Waals surface area (Å²) in [6.07, 6.45) is 1.80. The third-order valence-corrected chi connectivity index (χ3v) is 6.42. The molecule has 1 amide bonds. The standard InChI is InChI=1S/C20H25N3O2S/c1-13-17-18(14-7-5-4-6-8-14)26-12-16(24)21-19(17)23(22-13)15-9-10-25-20(2,3)11-15/h4-8,15,18H,9-12H2,1-3H3,(H,21,24). The van der Waals surface area contributed by atoms with E-state index in [9.17, 15) is 4.79 Å². The molecule has 1 saturated heterocycles. The van der Waals surface area contributed by atoms with E-state index in [-0.39, 0.29) is 22.8 Å². The molecule has 0 spiro atoms. The summed E-state index contributed by atoms with van der Waals surface area (Å²) in [7, 11) is 0. The molecular weight excluding hydrogens is 346 g/mol. The number of fused-ring (bicyclic) bond motifs is 1. The van der Waals surface area contributed by atoms with Crippen LogP contribution in [0.4, 0.5) is 5.82 Å². The second-order valence-corrected chi connectivity index (χ2v) is 8.79. The number of aryl methyl sites for hydroxylation is 1. The lowest BCUT2D eigenvalue weighted by molar-refractivity contribution is -0.113. The molecule has 0 saturated carbocycles. The highest BCUT2D eigenvalue weighted by Gasteiger charge is 2.35. The van der Waals surface area contributed by atoms with Crippen LogP contribution in [-0.4, -0.2) is 33.6 Å². The highest BCUT2D eigenvalue weighted by atomic mass is 32.2. The largest absolute Gasteiger partial charge is 0.375 e. The Morgan fingerprint density at radius 1 is 1.31 bits per heavy atom. The van der Waals surface area contributed by atoms with Crippen molar-refractivity contribution in [1.82, 2.24) is 9.78 Å². The molecule has 26 heavy (non-hydrogen) atoms. The first-order chi connectivity index (χ1) is 12.4. The predicted molar refractivity (Wildman–Crippen MR) is 105 cm³/mol. The monoisotopic (exact) mass is 371 g/mol. The van der Waals surface area contributed by atoms with Gasteiger partial charge in [0.25, 0.3) is 0 Å². The molecule has 138 valence electrons. The van der Waals surface area contributed by atoms with Crippen LogP contribution in [0.2, 0.25) is 0 Å². The normalized spacial score (nSPS) is 25.3. The van der Waals surface area contributed by atoms with Crippen LogP contribution >= 0.6 is 11.8 Å². The number of anilines is 1. The summed E-state index contributed by atoms with van der Waals surface area (Å²) < 4.78 is 7.92. The van der Waals surface area contributed by atoms with Crippen LogP contribution in [0.3, 0.4) is 0 Å². The average molecular weight is 372 g/mol. The number of nitrogens with zero attached hydrogens (tertiary/aromatic N) is 2. The number of nitrogens with one attached hydrogen (secondary N) is 1. The SMILES string of the molecule is Cc1nn(C2CCOC(C)(C)C2)c2c1C(c1ccccc1)SCC(=O)N2. The number of rotatable bonds is 2. The smallest absolute Gasteiger partial charge is 0.235 e. The Kier molecular flexibility index (Phi) is 4.57. The van der Waals surface area contributed by atoms with Crippen LogP contribution in [0.15, 0.2) is 30.3 Å². The highest BCUT2D eigenvalue weighted by molar-refractivity contribution is 8.00. The second kappa shape index (κ2) is 6.74. The zero-order chi connectivity index (χ0) is 18.3. The molecule has 1 fully saturated rings. The first-order valence-electron chi connectivity index (χ1n) is 9.14. The fraction of sp³-hybridized carbons (Fsp3) is 0.500. The minimum absolute atomic E-state index is 0.0437. The molecule has 2 aromatic rings. The van der Waals surface area contributed by atoms with Crippen LogP contribution in [0.1, 0.15) is 54.8 Å². The Morgan fingerprint density at radius 2 is 2.08 bits per heavy atom. The molecule has 2 aliphatic rings. The quantitative estimate of drug-likeness (QED) is 0.864. The molecule has 2 atom stereocenters. The third kappa shape index (κ3) is 3.28. The summed E-state index contributed by atoms with van der Waals surface area (Å²) in [4.78, 5) is 12.4. The molecule has 0 bridgehead atoms. The van der Waals surface area contributed by atoms with Crippen molar-refractivity contribution in [2.75, 3.05) is 17.7 Å². The van der Waals surface area contributed by atoms with Gasteiger partial charge in [0.1, 0.15) is 5.82 Å². The zero-order valence-corrected chi connectivity index (χ0v) is 16.3. The molecule has 5 nitrogen and oxygen atoms in total. The fourth-order valence-corrected chi connectivity index (χ4v) is 5.16. The molecule has 4 rings (SSSR count). The van der Waals surface area contributed by atoms with Crippen LogP contribution < -0.4 is 5.32 Å². The molecule has 6 heteroatoms. The molecule has 2 unspecified atom stereocenters. The van der Waals surface area contributed by atoms with Crippen molar-refractivity contribution < 1.29 is 9.53 Å². The van der Waals surface area contributed by atoms with E-state index in [0.717, 1.165) is 36.5 Å². The van der Waals surface area contributed by atoms with Gasteiger partial charge in [-0.25, -0.2) is 4.68 Å². The summed E-state index contributed by atoms with van der Waals surface area (Å²) in [5.74, 6) is 1.36. The van der Waals surface area contributed by atoms with Crippen LogP contribution in [0.5, 0.6) is 0 Å². The van der Waals surface area contributed by atoms with E-state index >= 15 is 0 Å². The van der Waals surface area contributed by atoms with E-state index in [0.29, 0.717) is 5.75 Å². The Bertz CT molecular complexity index is 816. The highest BCUT2D eigenvalue weighted by Crippen LogP contribution is 2.45. The van der Waals surface area contributed by atoms with Gasteiger partial charge in [0.15, 0.2) is 0 Å². The minimum Gasteiger partial charge on any atom is -0.375 e. The summed E-state index contributed by atoms with van der Waals surface area (Å²) >= 11 is 1.67. The number of thioether (sulfide) groups is 1. The maximum atomic E-state index is 12.4. The van der Waals surface area contributed by atoms with Gasteiger partial charge in [-0.3, -0.25) is 4.79 Å². The van der Waals surface area contributed by atoms with E-state index in [2.05, 4.69) is 48.1 Å². The van der Waals surface area contributed by atoms with E-state index in [1.807, 2.05) is 13.0 Å². The third-order valence-electron chi connectivity index (χ3n) is 5.15. The molecule has 3 heterocycles. The van der Waals surface area contributed by atoms with Crippen molar-refractivity contribution in [3.63, 3.8) is 0 Å². The fourth-order valence-electron chi connectivity index (χ4n) is 3.97. The summed E-state index contributed by atoms with van der Waals surface area (Å²) in [6.45, 7) is 7.01.